The first kappa shape index (κ1) is 85.9. The number of fused-ring (bicyclic) bond motifs is 1. The average Bonchev–Trinajstić information content (AvgIpc) is 1.70. The van der Waals surface area contributed by atoms with Gasteiger partial charge in [-0.3, -0.25) is 37.4 Å². The third-order valence-electron chi connectivity index (χ3n) is 20.4. The number of carbonyl (C=O) groups excluding carboxylic acids is 4. The van der Waals surface area contributed by atoms with Crippen LogP contribution in [0.5, 0.6) is 0 Å². The molecule has 5 aromatic carbocycles. The molecule has 0 spiro atoms. The van der Waals surface area contributed by atoms with Crippen molar-refractivity contribution in [1.29, 1.82) is 0 Å². The molecule has 0 saturated carbocycles. The molecular formula is C79H96N16O20. The van der Waals surface area contributed by atoms with Gasteiger partial charge in [0.2, 0.25) is 0 Å². The lowest BCUT2D eigenvalue weighted by atomic mass is 10.0. The third-order valence-corrected chi connectivity index (χ3v) is 20.4. The number of ether oxygens (including phenoxy) is 4. The highest BCUT2D eigenvalue weighted by atomic mass is 16.6. The Balaban J connectivity index is 0.000000162. The van der Waals surface area contributed by atoms with Gasteiger partial charge in [-0.1, -0.05) is 161 Å². The Morgan fingerprint density at radius 1 is 0.374 bits per heavy atom. The van der Waals surface area contributed by atoms with E-state index in [1.807, 2.05) is 133 Å². The summed E-state index contributed by atoms with van der Waals surface area (Å²) in [7, 11) is 0. The normalized spacial score (nSPS) is 24.0. The van der Waals surface area contributed by atoms with Crippen molar-refractivity contribution >= 4 is 57.7 Å². The van der Waals surface area contributed by atoms with Gasteiger partial charge in [0.05, 0.1) is 73.1 Å². The van der Waals surface area contributed by atoms with Crippen LogP contribution in [-0.2, 0) is 44.9 Å². The van der Waals surface area contributed by atoms with Gasteiger partial charge < -0.3 is 104 Å². The zero-order chi connectivity index (χ0) is 82.9. The van der Waals surface area contributed by atoms with Gasteiger partial charge in [0.25, 0.3) is 23.6 Å². The van der Waals surface area contributed by atoms with Crippen LogP contribution in [0.3, 0.4) is 0 Å². The molecule has 612 valence electrons. The van der Waals surface area contributed by atoms with Crippen LogP contribution in [0, 0.1) is 23.7 Å². The number of aromatic nitrogens is 8. The first-order valence-electron chi connectivity index (χ1n) is 37.2. The van der Waals surface area contributed by atoms with Crippen molar-refractivity contribution in [1.82, 2.24) is 59.5 Å². The zero-order valence-corrected chi connectivity index (χ0v) is 63.4. The number of anilines is 4. The lowest BCUT2D eigenvalue weighted by Gasteiger charge is -2.19. The van der Waals surface area contributed by atoms with E-state index in [0.29, 0.717) is 26.1 Å². The monoisotopic (exact) mass is 1590 g/mol. The van der Waals surface area contributed by atoms with Crippen molar-refractivity contribution in [3.8, 4) is 0 Å². The minimum atomic E-state index is -0.955. The van der Waals surface area contributed by atoms with Crippen LogP contribution < -0.4 is 67.0 Å². The predicted octanol–water partition coefficient (Wildman–Crippen LogP) is 0.197. The summed E-state index contributed by atoms with van der Waals surface area (Å²) in [5, 5.41) is 90.9. The van der Waals surface area contributed by atoms with Gasteiger partial charge in [0.15, 0.2) is 0 Å². The van der Waals surface area contributed by atoms with Gasteiger partial charge in [-0.15, -0.1) is 0 Å². The maximum atomic E-state index is 12.8. The Morgan fingerprint density at radius 3 is 1.02 bits per heavy atom. The summed E-state index contributed by atoms with van der Waals surface area (Å²) in [5.41, 5.74) is 24.6. The van der Waals surface area contributed by atoms with E-state index >= 15 is 0 Å². The highest BCUT2D eigenvalue weighted by Gasteiger charge is 2.46. The molecule has 13 rings (SSSR count). The third kappa shape index (κ3) is 20.5. The van der Waals surface area contributed by atoms with E-state index in [-0.39, 0.29) is 71.9 Å². The van der Waals surface area contributed by atoms with Crippen LogP contribution in [0.2, 0.25) is 0 Å². The van der Waals surface area contributed by atoms with Crippen molar-refractivity contribution in [3.63, 3.8) is 0 Å². The quantitative estimate of drug-likeness (QED) is 0.0380. The average molecular weight is 1590 g/mol. The first-order chi connectivity index (χ1) is 55.2. The number of rotatable bonds is 23. The number of aliphatic hydroxyl groups is 8. The number of amides is 4. The number of hydrogen-bond acceptors (Lipinski definition) is 28. The maximum absolute atomic E-state index is 12.8. The van der Waals surface area contributed by atoms with Gasteiger partial charge in [0, 0.05) is 74.6 Å². The number of hydrogen-bond donors (Lipinski definition) is 16. The van der Waals surface area contributed by atoms with Gasteiger partial charge in [0.1, 0.15) is 72.6 Å². The van der Waals surface area contributed by atoms with Crippen LogP contribution in [0.4, 0.5) is 23.3 Å². The predicted molar refractivity (Wildman–Crippen MR) is 419 cm³/mol. The largest absolute Gasteiger partial charge is 0.394 e. The number of aliphatic hydroxyl groups excluding tert-OH is 8. The second-order valence-corrected chi connectivity index (χ2v) is 28.1. The molecule has 8 heterocycles. The molecule has 16 atom stereocenters. The van der Waals surface area contributed by atoms with E-state index in [9.17, 15) is 79.2 Å². The summed E-state index contributed by atoms with van der Waals surface area (Å²) in [6.45, 7) is 6.60. The van der Waals surface area contributed by atoms with Gasteiger partial charge in [-0.2, -0.15) is 19.9 Å². The van der Waals surface area contributed by atoms with Crippen molar-refractivity contribution in [3.05, 3.63) is 245 Å². The number of benzene rings is 5. The van der Waals surface area contributed by atoms with Gasteiger partial charge in [-0.05, 0) is 52.3 Å². The van der Waals surface area contributed by atoms with Crippen LogP contribution in [0.25, 0.3) is 10.8 Å². The molecule has 4 unspecified atom stereocenters. The number of nitrogens with zero attached hydrogens (tertiary/aromatic N) is 8. The number of nitrogen functional groups attached to an aromatic ring is 4. The van der Waals surface area contributed by atoms with Crippen LogP contribution >= 0.6 is 0 Å². The van der Waals surface area contributed by atoms with Crippen molar-refractivity contribution in [2.24, 2.45) is 23.7 Å². The van der Waals surface area contributed by atoms with E-state index in [0.717, 1.165) is 58.6 Å². The number of aryl methyl sites for hydroxylation is 1. The zero-order valence-electron chi connectivity index (χ0n) is 63.4. The Kier molecular flexibility index (Phi) is 29.5. The molecule has 0 radical (unpaired) electrons. The summed E-state index contributed by atoms with van der Waals surface area (Å²) >= 11 is 0. The fourth-order valence-electron chi connectivity index (χ4n) is 13.7. The fraction of sp³-hybridized carbons (Fsp3) is 0.392. The Morgan fingerprint density at radius 2 is 0.670 bits per heavy atom. The first-order valence-corrected chi connectivity index (χ1v) is 37.2. The molecular weight excluding hydrogens is 1490 g/mol. The molecule has 4 aromatic heterocycles. The smallest absolute Gasteiger partial charge is 0.351 e. The topological polar surface area (TPSA) is 559 Å². The van der Waals surface area contributed by atoms with E-state index < -0.39 is 150 Å². The Bertz CT molecular complexity index is 5080. The minimum absolute atomic E-state index is 0.0255. The summed E-state index contributed by atoms with van der Waals surface area (Å²) < 4.78 is 26.8. The number of nitrogens with one attached hydrogen (secondary N) is 4. The number of carbonyl (C=O) groups is 4. The summed E-state index contributed by atoms with van der Waals surface area (Å²) in [6, 6.07) is 42.7. The lowest BCUT2D eigenvalue weighted by molar-refractivity contribution is -0.0476. The number of nitrogens with two attached hydrogens (primary N) is 4. The highest BCUT2D eigenvalue weighted by molar-refractivity contribution is 6.00. The molecule has 4 aliphatic rings. The molecule has 4 saturated heterocycles. The lowest BCUT2D eigenvalue weighted by Crippen LogP contribution is -2.34. The summed E-state index contributed by atoms with van der Waals surface area (Å²) in [5.74, 6) is -4.53. The van der Waals surface area contributed by atoms with E-state index in [1.54, 1.807) is 27.7 Å². The van der Waals surface area contributed by atoms with Crippen LogP contribution in [0.15, 0.2) is 177 Å². The fourth-order valence-corrected chi connectivity index (χ4v) is 13.7. The van der Waals surface area contributed by atoms with Crippen LogP contribution in [0.1, 0.15) is 123 Å². The van der Waals surface area contributed by atoms with Gasteiger partial charge in [-0.25, -0.2) is 19.2 Å². The molecule has 36 heteroatoms. The summed E-state index contributed by atoms with van der Waals surface area (Å²) in [4.78, 5) is 115. The second-order valence-electron chi connectivity index (χ2n) is 28.1. The minimum Gasteiger partial charge on any atom is -0.394 e. The molecule has 36 nitrogen and oxygen atoms in total. The van der Waals surface area contributed by atoms with E-state index in [2.05, 4.69) is 41.2 Å². The van der Waals surface area contributed by atoms with Gasteiger partial charge >= 0.3 is 22.8 Å². The maximum Gasteiger partial charge on any atom is 0.351 e. The molecule has 9 aromatic rings. The highest BCUT2D eigenvalue weighted by Crippen LogP contribution is 2.38. The second kappa shape index (κ2) is 39.5. The molecule has 115 heavy (non-hydrogen) atoms. The Labute approximate surface area is 658 Å². The molecule has 4 aliphatic heterocycles. The molecule has 0 bridgehead atoms. The Hall–Kier alpha value is -11.5. The van der Waals surface area contributed by atoms with Crippen molar-refractivity contribution < 1.29 is 79.0 Å². The SMILES string of the molecule is C[C@H]1C(O)[C@@H](CO)O[C@H]1n1cc(C(=O)NCCCc2ccccc2)c(N)nc1=O.C[C@H]1C(O)[C@@H](CO)O[C@H]1n1cc(C(=O)NCCc2ccccc2)c(N)nc1=O.C[C@H]1C(O)[C@@H](CO)O[C@H]1n1cc(C(=O)NCc2cccc3ccccc23)c(N)nc1=O.C[C@H]1C(O)[C@@H](CO)O[C@H]1n1cc(C(=O)NCc2ccccc2)c(N)nc1=O. The van der Waals surface area contributed by atoms with Crippen molar-refractivity contribution in [2.75, 3.05) is 62.5 Å². The van der Waals surface area contributed by atoms with Crippen LogP contribution in [-0.4, -0.2) is 191 Å². The molecule has 4 amide bonds. The van der Waals surface area contributed by atoms with Crippen molar-refractivity contribution in [2.45, 2.75) is 134 Å². The van der Waals surface area contributed by atoms with E-state index in [1.165, 1.54) is 30.4 Å². The molecule has 0 aliphatic carbocycles. The molecule has 20 N–H and O–H groups in total. The summed E-state index contributed by atoms with van der Waals surface area (Å²) in [6.07, 6.45) is -3.14. The van der Waals surface area contributed by atoms with E-state index in [4.69, 9.17) is 41.9 Å². The standard InChI is InChI=1S/C22H24N4O5.C20H26N4O5.C19H24N4O5.C18H22N4O5/c1-12-18(28)17(11-27)31-21(12)26-10-16(19(23)25-22(26)30)20(29)24-9-14-7-4-6-13-5-2-3-8-15(13)14;1-12-16(26)15(11-25)29-19(12)24-10-14(17(21)23-20(24)28)18(27)22-9-5-8-13-6-3-2-4-7-13;1-11-15(25)14(10-24)28-18(11)23-9-13(16(20)22-19(23)27)17(26)21-8-7-12-5-3-2-4-6-12;1-10-14(24)13(9-23)27-17(10)22-8-12(15(19)21-18(22)26)16(25)20-7-11-5-3-2-4-6-11/h2-8,10,12,17-18,21,27-28H,9,11H2,1H3,(H,24,29)(H2,23,25,30);2-4,6-7,10,12,15-16,19,25-26H,5,8-9,11H2,1H3,(H,22,27)(H2,21,23,28);2-6,9,11,14-15,18,24-25H,7-8,10H2,1H3,(H,21,26)(H2,20,22,27);2-6,8,10,13-14,17,23-24H,7,9H2,1H3,(H,20,25)(H2,19,21,26)/t12-,17+,18?,21+;12-,15+,16?,19+;11-,14+,15?,18+;10-,13+,14?,17+/m0000/s1. The molecule has 4 fully saturated rings.